The quantitative estimate of drug-likeness (QED) is 0.449. The van der Waals surface area contributed by atoms with Crippen LogP contribution >= 0.6 is 0 Å². The Morgan fingerprint density at radius 3 is 2.90 bits per heavy atom. The summed E-state index contributed by atoms with van der Waals surface area (Å²) in [4.78, 5) is 36.8. The third kappa shape index (κ3) is 3.87. The fourth-order valence-corrected chi connectivity index (χ4v) is 4.43. The average Bonchev–Trinajstić information content (AvgIpc) is 3.25. The van der Waals surface area contributed by atoms with E-state index in [2.05, 4.69) is 5.32 Å². The minimum Gasteiger partial charge on any atom is -0.459 e. The average molecular weight is 412 g/mol. The first-order chi connectivity index (χ1) is 14.5. The minimum absolute atomic E-state index is 0.0443. The van der Waals surface area contributed by atoms with E-state index in [1.807, 2.05) is 0 Å². The van der Waals surface area contributed by atoms with Gasteiger partial charge in [0.15, 0.2) is 5.78 Å². The highest BCUT2D eigenvalue weighted by Crippen LogP contribution is 2.43. The lowest BCUT2D eigenvalue weighted by Crippen LogP contribution is -2.35. The van der Waals surface area contributed by atoms with Gasteiger partial charge in [0.05, 0.1) is 16.6 Å². The number of carbonyl (C=O) groups is 2. The first kappa shape index (κ1) is 20.3. The van der Waals surface area contributed by atoms with Crippen molar-refractivity contribution in [3.8, 4) is 0 Å². The number of nitro benzene ring substituents is 1. The molecule has 30 heavy (non-hydrogen) atoms. The van der Waals surface area contributed by atoms with E-state index in [1.165, 1.54) is 12.1 Å². The number of hydrogen-bond acceptors (Lipinski definition) is 7. The van der Waals surface area contributed by atoms with Gasteiger partial charge in [-0.05, 0) is 38.2 Å². The summed E-state index contributed by atoms with van der Waals surface area (Å²) in [7, 11) is 0. The van der Waals surface area contributed by atoms with E-state index in [4.69, 9.17) is 9.47 Å². The molecule has 3 aliphatic rings. The maximum absolute atomic E-state index is 13.1. The molecule has 0 radical (unpaired) electrons. The van der Waals surface area contributed by atoms with Crippen LogP contribution in [0.3, 0.4) is 0 Å². The molecular weight excluding hydrogens is 388 g/mol. The molecule has 1 saturated heterocycles. The Kier molecular flexibility index (Phi) is 5.67. The van der Waals surface area contributed by atoms with Crippen LogP contribution in [0.15, 0.2) is 46.8 Å². The number of ketones is 1. The normalized spacial score (nSPS) is 23.8. The highest BCUT2D eigenvalue weighted by atomic mass is 16.6. The van der Waals surface area contributed by atoms with E-state index < -0.39 is 16.8 Å². The molecule has 0 spiro atoms. The summed E-state index contributed by atoms with van der Waals surface area (Å²) in [5.41, 5.74) is 2.69. The minimum atomic E-state index is -0.689. The van der Waals surface area contributed by atoms with E-state index in [9.17, 15) is 19.7 Å². The van der Waals surface area contributed by atoms with Crippen LogP contribution < -0.4 is 5.32 Å². The van der Waals surface area contributed by atoms with Gasteiger partial charge in [-0.3, -0.25) is 14.9 Å². The second kappa shape index (κ2) is 8.39. The molecular formula is C22H24N2O6. The summed E-state index contributed by atoms with van der Waals surface area (Å²) in [6.07, 6.45) is 3.48. The molecule has 0 bridgehead atoms. The van der Waals surface area contributed by atoms with E-state index in [1.54, 1.807) is 19.1 Å². The zero-order chi connectivity index (χ0) is 21.3. The second-order valence-electron chi connectivity index (χ2n) is 7.85. The Hall–Kier alpha value is -3.00. The van der Waals surface area contributed by atoms with Crippen LogP contribution in [0.4, 0.5) is 5.69 Å². The fraction of sp³-hybridized carbons (Fsp3) is 0.455. The summed E-state index contributed by atoms with van der Waals surface area (Å²) < 4.78 is 11.1. The molecule has 0 aromatic heterocycles. The smallest absolute Gasteiger partial charge is 0.336 e. The van der Waals surface area contributed by atoms with Gasteiger partial charge in [0.25, 0.3) is 5.69 Å². The van der Waals surface area contributed by atoms with Crippen molar-refractivity contribution in [2.24, 2.45) is 0 Å². The lowest BCUT2D eigenvalue weighted by Gasteiger charge is -2.34. The number of nitro groups is 1. The Labute approximate surface area is 174 Å². The Balaban J connectivity index is 1.72. The van der Waals surface area contributed by atoms with Crippen molar-refractivity contribution < 1.29 is 24.0 Å². The number of ether oxygens (including phenoxy) is 2. The number of carbonyl (C=O) groups excluding carboxylic acids is 2. The number of esters is 1. The number of Topliss-reactive ketones (excluding diaryl/α,β-unsaturated/α-hetero) is 1. The molecule has 8 nitrogen and oxygen atoms in total. The number of allylic oxidation sites excluding steroid dienone is 3. The van der Waals surface area contributed by atoms with Crippen LogP contribution in [0.1, 0.15) is 50.5 Å². The lowest BCUT2D eigenvalue weighted by atomic mass is 9.75. The molecule has 1 N–H and O–H groups in total. The summed E-state index contributed by atoms with van der Waals surface area (Å²) in [5.74, 6) is -1.26. The van der Waals surface area contributed by atoms with Crippen molar-refractivity contribution >= 4 is 17.4 Å². The summed E-state index contributed by atoms with van der Waals surface area (Å²) in [6, 6.07) is 6.13. The van der Waals surface area contributed by atoms with Gasteiger partial charge in [0, 0.05) is 48.0 Å². The number of rotatable bonds is 5. The van der Waals surface area contributed by atoms with E-state index in [-0.39, 0.29) is 24.2 Å². The third-order valence-electron chi connectivity index (χ3n) is 5.83. The van der Waals surface area contributed by atoms with Crippen molar-refractivity contribution in [2.45, 2.75) is 51.0 Å². The SMILES string of the molecule is CC1=C(C(=O)OC[C@H]2CCCO2)[C@@H](c2cccc([N+](=O)[O-])c2)C2=C(CCCC2=O)N1. The number of dihydropyridines is 1. The van der Waals surface area contributed by atoms with E-state index in [0.717, 1.165) is 25.0 Å². The van der Waals surface area contributed by atoms with Crippen molar-refractivity contribution in [3.63, 3.8) is 0 Å². The molecule has 2 atom stereocenters. The molecule has 158 valence electrons. The van der Waals surface area contributed by atoms with Crippen molar-refractivity contribution in [3.05, 3.63) is 62.5 Å². The molecule has 0 saturated carbocycles. The van der Waals surface area contributed by atoms with Crippen LogP contribution in [-0.4, -0.2) is 36.0 Å². The number of nitrogens with one attached hydrogen (secondary N) is 1. The van der Waals surface area contributed by atoms with Gasteiger partial charge in [-0.15, -0.1) is 0 Å². The van der Waals surface area contributed by atoms with Gasteiger partial charge in [-0.1, -0.05) is 12.1 Å². The first-order valence-corrected chi connectivity index (χ1v) is 10.2. The topological polar surface area (TPSA) is 108 Å². The summed E-state index contributed by atoms with van der Waals surface area (Å²) >= 11 is 0. The second-order valence-corrected chi connectivity index (χ2v) is 7.85. The predicted octanol–water partition coefficient (Wildman–Crippen LogP) is 3.28. The van der Waals surface area contributed by atoms with Crippen LogP contribution in [0.2, 0.25) is 0 Å². The largest absolute Gasteiger partial charge is 0.459 e. The maximum Gasteiger partial charge on any atom is 0.336 e. The molecule has 2 heterocycles. The van der Waals surface area contributed by atoms with Crippen LogP contribution in [0.5, 0.6) is 0 Å². The maximum atomic E-state index is 13.1. The molecule has 1 aromatic rings. The molecule has 1 aliphatic carbocycles. The summed E-state index contributed by atoms with van der Waals surface area (Å²) in [6.45, 7) is 2.58. The van der Waals surface area contributed by atoms with Crippen molar-refractivity contribution in [2.75, 3.05) is 13.2 Å². The molecule has 1 aromatic carbocycles. The first-order valence-electron chi connectivity index (χ1n) is 10.2. The van der Waals surface area contributed by atoms with Gasteiger partial charge < -0.3 is 14.8 Å². The number of hydrogen-bond donors (Lipinski definition) is 1. The zero-order valence-corrected chi connectivity index (χ0v) is 16.8. The third-order valence-corrected chi connectivity index (χ3v) is 5.83. The Morgan fingerprint density at radius 1 is 1.33 bits per heavy atom. The van der Waals surface area contributed by atoms with Crippen LogP contribution in [-0.2, 0) is 19.1 Å². The number of benzene rings is 1. The highest BCUT2D eigenvalue weighted by molar-refractivity contribution is 6.03. The van der Waals surface area contributed by atoms with E-state index >= 15 is 0 Å². The van der Waals surface area contributed by atoms with Crippen LogP contribution in [0.25, 0.3) is 0 Å². The monoisotopic (exact) mass is 412 g/mol. The molecule has 1 fully saturated rings. The lowest BCUT2D eigenvalue weighted by molar-refractivity contribution is -0.384. The van der Waals surface area contributed by atoms with Gasteiger partial charge in [-0.2, -0.15) is 0 Å². The molecule has 0 unspecified atom stereocenters. The van der Waals surface area contributed by atoms with E-state index in [0.29, 0.717) is 41.9 Å². The van der Waals surface area contributed by atoms with Gasteiger partial charge in [-0.25, -0.2) is 4.79 Å². The van der Waals surface area contributed by atoms with Gasteiger partial charge in [0.1, 0.15) is 6.61 Å². The Morgan fingerprint density at radius 2 is 2.17 bits per heavy atom. The standard InChI is InChI=1S/C22H24N2O6/c1-13-19(22(26)30-12-16-7-4-10-29-16)20(14-5-2-6-15(11-14)24(27)28)21-17(23-13)8-3-9-18(21)25/h2,5-6,11,16,20,23H,3-4,7-10,12H2,1H3/t16-,20-/m1/s1. The zero-order valence-electron chi connectivity index (χ0n) is 16.8. The Bertz CT molecular complexity index is 958. The fourth-order valence-electron chi connectivity index (χ4n) is 4.43. The van der Waals surface area contributed by atoms with Crippen LogP contribution in [0, 0.1) is 10.1 Å². The highest BCUT2D eigenvalue weighted by Gasteiger charge is 2.39. The number of nitrogens with zero attached hydrogens (tertiary/aromatic N) is 1. The molecule has 0 amide bonds. The molecule has 4 rings (SSSR count). The van der Waals surface area contributed by atoms with Crippen molar-refractivity contribution in [1.29, 1.82) is 0 Å². The molecule has 8 heteroatoms. The van der Waals surface area contributed by atoms with Gasteiger partial charge >= 0.3 is 5.97 Å². The van der Waals surface area contributed by atoms with Crippen molar-refractivity contribution in [1.82, 2.24) is 5.32 Å². The molecule has 2 aliphatic heterocycles. The predicted molar refractivity (Wildman–Crippen MR) is 107 cm³/mol. The van der Waals surface area contributed by atoms with Gasteiger partial charge in [0.2, 0.25) is 0 Å². The summed E-state index contributed by atoms with van der Waals surface area (Å²) in [5, 5.41) is 14.5. The number of non-ortho nitro benzene ring substituents is 1.